The van der Waals surface area contributed by atoms with Crippen molar-refractivity contribution in [1.82, 2.24) is 14.7 Å². The molecule has 1 amide bonds. The van der Waals surface area contributed by atoms with E-state index in [0.29, 0.717) is 34.9 Å². The van der Waals surface area contributed by atoms with Crippen LogP contribution in [0.3, 0.4) is 0 Å². The highest BCUT2D eigenvalue weighted by Crippen LogP contribution is 2.34. The lowest BCUT2D eigenvalue weighted by molar-refractivity contribution is -0.138. The first-order chi connectivity index (χ1) is 15.9. The Kier molecular flexibility index (Phi) is 5.56. The van der Waals surface area contributed by atoms with Gasteiger partial charge in [-0.25, -0.2) is 4.79 Å². The second-order valence-electron chi connectivity index (χ2n) is 9.39. The van der Waals surface area contributed by atoms with E-state index >= 15 is 0 Å². The molecule has 1 aromatic carbocycles. The standard InChI is InChI=1S/C26H29N3O4/c1-16-9-10-23-20(12-16)25-21(26(31)33-23)13-27-29(25)15-24(30)28(14-19-7-5-11-32-19)22-8-4-6-17(2)18(22)3/h5,7,9-13,17-18,22H,4,6,8,14-15H2,1-3H3/t17-,18+,22+/m0/s1. The molecule has 3 aromatic heterocycles. The zero-order valence-electron chi connectivity index (χ0n) is 19.3. The number of aromatic nitrogens is 2. The highest BCUT2D eigenvalue weighted by Gasteiger charge is 2.34. The van der Waals surface area contributed by atoms with Gasteiger partial charge in [0.25, 0.3) is 0 Å². The average Bonchev–Trinajstić information content (AvgIpc) is 3.45. The summed E-state index contributed by atoms with van der Waals surface area (Å²) in [6.45, 7) is 6.96. The summed E-state index contributed by atoms with van der Waals surface area (Å²) < 4.78 is 12.7. The van der Waals surface area contributed by atoms with Crippen molar-refractivity contribution in [2.75, 3.05) is 0 Å². The molecule has 0 aliphatic heterocycles. The number of benzene rings is 1. The first-order valence-electron chi connectivity index (χ1n) is 11.6. The highest BCUT2D eigenvalue weighted by atomic mass is 16.4. The molecule has 7 nitrogen and oxygen atoms in total. The molecule has 33 heavy (non-hydrogen) atoms. The van der Waals surface area contributed by atoms with E-state index < -0.39 is 5.63 Å². The number of furan rings is 1. The molecule has 0 unspecified atom stereocenters. The first-order valence-corrected chi connectivity index (χ1v) is 11.6. The van der Waals surface area contributed by atoms with Gasteiger partial charge < -0.3 is 13.7 Å². The van der Waals surface area contributed by atoms with Gasteiger partial charge in [-0.3, -0.25) is 9.48 Å². The molecular formula is C26H29N3O4. The van der Waals surface area contributed by atoms with Crippen molar-refractivity contribution < 1.29 is 13.6 Å². The third-order valence-electron chi connectivity index (χ3n) is 7.23. The molecule has 0 bridgehead atoms. The van der Waals surface area contributed by atoms with Crippen molar-refractivity contribution in [1.29, 1.82) is 0 Å². The lowest BCUT2D eigenvalue weighted by Gasteiger charge is -2.41. The summed E-state index contributed by atoms with van der Waals surface area (Å²) in [5, 5.41) is 5.59. The van der Waals surface area contributed by atoms with Crippen LogP contribution in [0.5, 0.6) is 0 Å². The van der Waals surface area contributed by atoms with Gasteiger partial charge in [0.1, 0.15) is 23.3 Å². The summed E-state index contributed by atoms with van der Waals surface area (Å²) in [4.78, 5) is 28.2. The summed E-state index contributed by atoms with van der Waals surface area (Å²) in [5.74, 6) is 1.68. The van der Waals surface area contributed by atoms with Crippen molar-refractivity contribution in [2.45, 2.75) is 59.2 Å². The largest absolute Gasteiger partial charge is 0.467 e. The SMILES string of the molecule is Cc1ccc2oc(=O)c3cnn(CC(=O)N(Cc4ccco4)[C@@H]4CCC[C@H](C)[C@H]4C)c3c2c1. The van der Waals surface area contributed by atoms with Crippen LogP contribution < -0.4 is 5.63 Å². The third-order valence-corrected chi connectivity index (χ3v) is 7.23. The maximum Gasteiger partial charge on any atom is 0.347 e. The predicted octanol–water partition coefficient (Wildman–Crippen LogP) is 4.90. The van der Waals surface area contributed by atoms with Crippen molar-refractivity contribution in [2.24, 2.45) is 11.8 Å². The topological polar surface area (TPSA) is 81.5 Å². The molecule has 1 aliphatic rings. The number of rotatable bonds is 5. The maximum absolute atomic E-state index is 13.7. The molecular weight excluding hydrogens is 418 g/mol. The summed E-state index contributed by atoms with van der Waals surface area (Å²) in [6.07, 6.45) is 6.40. The van der Waals surface area contributed by atoms with Crippen molar-refractivity contribution >= 4 is 27.8 Å². The van der Waals surface area contributed by atoms with E-state index in [4.69, 9.17) is 8.83 Å². The van der Waals surface area contributed by atoms with Gasteiger partial charge >= 0.3 is 5.63 Å². The molecule has 7 heteroatoms. The van der Waals surface area contributed by atoms with Gasteiger partial charge in [-0.05, 0) is 49.4 Å². The Labute approximate surface area is 192 Å². The van der Waals surface area contributed by atoms with Crippen molar-refractivity contribution in [3.8, 4) is 0 Å². The van der Waals surface area contributed by atoms with Gasteiger partial charge in [0.2, 0.25) is 5.91 Å². The molecule has 0 spiro atoms. The Morgan fingerprint density at radius 1 is 1.21 bits per heavy atom. The molecule has 172 valence electrons. The molecule has 0 N–H and O–H groups in total. The molecule has 1 aliphatic carbocycles. The second kappa shape index (κ2) is 8.54. The number of nitrogens with zero attached hydrogens (tertiary/aromatic N) is 3. The lowest BCUT2D eigenvalue weighted by atomic mass is 9.77. The monoisotopic (exact) mass is 447 g/mol. The van der Waals surface area contributed by atoms with Crippen molar-refractivity contribution in [3.05, 3.63) is 64.5 Å². The number of fused-ring (bicyclic) bond motifs is 3. The lowest BCUT2D eigenvalue weighted by Crippen LogP contribution is -2.48. The van der Waals surface area contributed by atoms with E-state index in [-0.39, 0.29) is 18.5 Å². The van der Waals surface area contributed by atoms with Crippen LogP contribution in [0.25, 0.3) is 21.9 Å². The number of aryl methyl sites for hydroxylation is 1. The minimum Gasteiger partial charge on any atom is -0.467 e. The fourth-order valence-corrected chi connectivity index (χ4v) is 5.18. The van der Waals surface area contributed by atoms with Gasteiger partial charge in [-0.2, -0.15) is 5.10 Å². The first kappa shape index (κ1) is 21.5. The minimum atomic E-state index is -0.442. The predicted molar refractivity (Wildman–Crippen MR) is 126 cm³/mol. The fraction of sp³-hybridized carbons (Fsp3) is 0.423. The van der Waals surface area contributed by atoms with Gasteiger partial charge in [0, 0.05) is 11.4 Å². The van der Waals surface area contributed by atoms with Gasteiger partial charge in [0.05, 0.1) is 24.5 Å². The van der Waals surface area contributed by atoms with Crippen LogP contribution in [0, 0.1) is 18.8 Å². The zero-order chi connectivity index (χ0) is 23.1. The van der Waals surface area contributed by atoms with Crippen LogP contribution in [-0.2, 0) is 17.9 Å². The van der Waals surface area contributed by atoms with Gasteiger partial charge in [0.15, 0.2) is 0 Å². The summed E-state index contributed by atoms with van der Waals surface area (Å²) in [7, 11) is 0. The highest BCUT2D eigenvalue weighted by molar-refractivity contribution is 6.02. The van der Waals surface area contributed by atoms with E-state index in [1.165, 1.54) is 12.6 Å². The molecule has 0 saturated heterocycles. The van der Waals surface area contributed by atoms with Crippen molar-refractivity contribution in [3.63, 3.8) is 0 Å². The molecule has 5 rings (SSSR count). The maximum atomic E-state index is 13.7. The van der Waals surface area contributed by atoms with Crippen LogP contribution in [0.2, 0.25) is 0 Å². The van der Waals surface area contributed by atoms with Gasteiger partial charge in [-0.15, -0.1) is 0 Å². The molecule has 3 atom stereocenters. The Morgan fingerprint density at radius 3 is 2.85 bits per heavy atom. The number of hydrogen-bond acceptors (Lipinski definition) is 5. The molecule has 4 aromatic rings. The molecule has 1 fully saturated rings. The number of carbonyl (C=O) groups is 1. The van der Waals surface area contributed by atoms with E-state index in [1.807, 2.05) is 36.1 Å². The van der Waals surface area contributed by atoms with Crippen LogP contribution in [0.4, 0.5) is 0 Å². The van der Waals surface area contributed by atoms with Crippen LogP contribution in [0.15, 0.2) is 56.4 Å². The van der Waals surface area contributed by atoms with E-state index in [2.05, 4.69) is 18.9 Å². The van der Waals surface area contributed by atoms with E-state index in [0.717, 1.165) is 29.6 Å². The van der Waals surface area contributed by atoms with Gasteiger partial charge in [-0.1, -0.05) is 38.3 Å². The summed E-state index contributed by atoms with van der Waals surface area (Å²) in [5.41, 5.74) is 1.74. The minimum absolute atomic E-state index is 0.0311. The Balaban J connectivity index is 1.54. The van der Waals surface area contributed by atoms with E-state index in [1.54, 1.807) is 17.0 Å². The summed E-state index contributed by atoms with van der Waals surface area (Å²) in [6, 6.07) is 9.55. The number of hydrogen-bond donors (Lipinski definition) is 0. The Morgan fingerprint density at radius 2 is 2.06 bits per heavy atom. The number of carbonyl (C=O) groups excluding carboxylic acids is 1. The number of amides is 1. The Bertz CT molecular complexity index is 1350. The molecule has 1 saturated carbocycles. The van der Waals surface area contributed by atoms with E-state index in [9.17, 15) is 9.59 Å². The fourth-order valence-electron chi connectivity index (χ4n) is 5.18. The molecule has 3 heterocycles. The van der Waals surface area contributed by atoms with Crippen LogP contribution in [0.1, 0.15) is 44.4 Å². The normalized spacial score (nSPS) is 21.0. The average molecular weight is 448 g/mol. The smallest absolute Gasteiger partial charge is 0.347 e. The third kappa shape index (κ3) is 3.96. The zero-order valence-corrected chi connectivity index (χ0v) is 19.3. The molecule has 0 radical (unpaired) electrons. The van der Waals surface area contributed by atoms with Crippen LogP contribution in [-0.4, -0.2) is 26.6 Å². The van der Waals surface area contributed by atoms with Crippen LogP contribution >= 0.6 is 0 Å². The summed E-state index contributed by atoms with van der Waals surface area (Å²) >= 11 is 0. The quantitative estimate of drug-likeness (QED) is 0.407. The second-order valence-corrected chi connectivity index (χ2v) is 9.39. The Hall–Kier alpha value is -3.35.